The number of ketones is 1. The van der Waals surface area contributed by atoms with Crippen molar-refractivity contribution >= 4 is 28.3 Å². The Morgan fingerprint density at radius 2 is 1.87 bits per heavy atom. The van der Waals surface area contributed by atoms with E-state index in [1.165, 1.54) is 43.3 Å². The van der Waals surface area contributed by atoms with Crippen LogP contribution >= 0.6 is 11.8 Å². The number of carbonyl (C=O) groups excluding carboxylic acids is 2. The van der Waals surface area contributed by atoms with Gasteiger partial charge in [-0.25, -0.2) is 17.6 Å². The van der Waals surface area contributed by atoms with E-state index in [4.69, 9.17) is 0 Å². The molecule has 9 atom stereocenters. The highest BCUT2D eigenvalue weighted by atomic mass is 32.2. The van der Waals surface area contributed by atoms with E-state index < -0.39 is 75.2 Å². The summed E-state index contributed by atoms with van der Waals surface area (Å²) in [5, 5.41) is 22.6. The third kappa shape index (κ3) is 3.89. The van der Waals surface area contributed by atoms with Gasteiger partial charge in [-0.3, -0.25) is 19.9 Å². The van der Waals surface area contributed by atoms with Crippen molar-refractivity contribution in [2.45, 2.75) is 51.1 Å². The summed E-state index contributed by atoms with van der Waals surface area (Å²) in [7, 11) is 0. The molecule has 5 nitrogen and oxygen atoms in total. The maximum atomic E-state index is 17.3. The molecule has 0 radical (unpaired) electrons. The molecule has 1 aromatic rings. The quantitative estimate of drug-likeness (QED) is 0.377. The Bertz CT molecular complexity index is 1190. The normalized spacial score (nSPS) is 41.7. The van der Waals surface area contributed by atoms with Crippen molar-refractivity contribution in [2.75, 3.05) is 17.6 Å². The van der Waals surface area contributed by atoms with Gasteiger partial charge in [-0.15, -0.1) is 0 Å². The van der Waals surface area contributed by atoms with E-state index in [1.807, 2.05) is 0 Å². The molecule has 0 amide bonds. The Morgan fingerprint density at radius 3 is 2.53 bits per heavy atom. The standard InChI is InChI=1S/C28H31F4NO4S/c1-26-12-23(35)28(32)20(11-22(31)21-10-18(34)7-8-27(21,28)2)19(26)9-15(24(26)25(36)38-14-29)13-33(37)17-5-3-16(30)4-6-17/h3-8,10,15,19-20,22-24,35,37H,9,11-14H2,1-2H3/t15-,19-,20-,22-,23-,24+,26-,27-,28-/m0/s1. The summed E-state index contributed by atoms with van der Waals surface area (Å²) in [5.74, 6) is -3.86. The van der Waals surface area contributed by atoms with Crippen LogP contribution in [0.2, 0.25) is 0 Å². The Morgan fingerprint density at radius 1 is 1.18 bits per heavy atom. The van der Waals surface area contributed by atoms with Crippen molar-refractivity contribution in [1.29, 1.82) is 0 Å². The highest BCUT2D eigenvalue weighted by Crippen LogP contribution is 2.70. The number of hydrogen-bond acceptors (Lipinski definition) is 6. The van der Waals surface area contributed by atoms with Crippen molar-refractivity contribution in [2.24, 2.45) is 34.5 Å². The van der Waals surface area contributed by atoms with E-state index in [0.29, 0.717) is 11.8 Å². The number of fused-ring (bicyclic) bond motifs is 5. The number of carbonyl (C=O) groups is 2. The van der Waals surface area contributed by atoms with E-state index >= 15 is 8.78 Å². The van der Waals surface area contributed by atoms with E-state index in [0.717, 1.165) is 11.1 Å². The lowest BCUT2D eigenvalue weighted by Gasteiger charge is -2.62. The molecule has 0 bridgehead atoms. The molecule has 0 aliphatic heterocycles. The average Bonchev–Trinajstić information content (AvgIpc) is 3.14. The van der Waals surface area contributed by atoms with Gasteiger partial charge in [0.1, 0.15) is 18.0 Å². The number of halogens is 4. The number of allylic oxidation sites excluding steroid dienone is 4. The van der Waals surface area contributed by atoms with Gasteiger partial charge in [0.25, 0.3) is 0 Å². The SMILES string of the molecule is C[C@]12C[C@H](O)[C@@]3(F)[C@@H](C[C@H](F)C4=CC(=O)C=C[C@@]43C)[C@@H]1C[C@@H](CN(O)c1ccc(F)cc1)[C@@H]2C(=O)SCF. The first-order valence-electron chi connectivity index (χ1n) is 12.8. The molecule has 10 heteroatoms. The summed E-state index contributed by atoms with van der Waals surface area (Å²) in [6, 6.07) is 4.16. The number of thioether (sulfide) groups is 1. The lowest BCUT2D eigenvalue weighted by Crippen LogP contribution is -2.68. The number of hydrogen-bond donors (Lipinski definition) is 2. The minimum absolute atomic E-state index is 0.0133. The van der Waals surface area contributed by atoms with Crippen LogP contribution in [0.3, 0.4) is 0 Å². The number of aliphatic hydroxyl groups excluding tert-OH is 1. The fourth-order valence-corrected chi connectivity index (χ4v) is 8.86. The molecular weight excluding hydrogens is 522 g/mol. The smallest absolute Gasteiger partial charge is 0.195 e. The molecular formula is C28H31F4NO4S. The summed E-state index contributed by atoms with van der Waals surface area (Å²) in [5.41, 5.74) is -4.53. The van der Waals surface area contributed by atoms with E-state index in [9.17, 15) is 28.7 Å². The Kier molecular flexibility index (Phi) is 6.84. The van der Waals surface area contributed by atoms with Crippen molar-refractivity contribution < 1.29 is 37.5 Å². The number of benzene rings is 1. The predicted octanol–water partition coefficient (Wildman–Crippen LogP) is 5.37. The van der Waals surface area contributed by atoms with Crippen molar-refractivity contribution in [3.63, 3.8) is 0 Å². The van der Waals surface area contributed by atoms with Gasteiger partial charge in [0, 0.05) is 23.8 Å². The summed E-state index contributed by atoms with van der Waals surface area (Å²) in [6.45, 7) is 3.20. The van der Waals surface area contributed by atoms with Gasteiger partial charge >= 0.3 is 0 Å². The number of alkyl halides is 3. The highest BCUT2D eigenvalue weighted by molar-refractivity contribution is 8.13. The van der Waals surface area contributed by atoms with Gasteiger partial charge in [0.2, 0.25) is 0 Å². The van der Waals surface area contributed by atoms with Crippen LogP contribution < -0.4 is 5.06 Å². The Balaban J connectivity index is 1.54. The number of anilines is 1. The van der Waals surface area contributed by atoms with Crippen LogP contribution in [0.1, 0.15) is 33.1 Å². The zero-order valence-corrected chi connectivity index (χ0v) is 21.9. The second-order valence-corrected chi connectivity index (χ2v) is 12.5. The first-order valence-corrected chi connectivity index (χ1v) is 13.8. The van der Waals surface area contributed by atoms with Crippen LogP contribution in [0.5, 0.6) is 0 Å². The molecule has 4 aliphatic rings. The van der Waals surface area contributed by atoms with E-state index in [1.54, 1.807) is 6.92 Å². The van der Waals surface area contributed by atoms with Crippen LogP contribution in [0.15, 0.2) is 48.1 Å². The summed E-state index contributed by atoms with van der Waals surface area (Å²) in [6.07, 6.45) is 0.359. The first-order chi connectivity index (χ1) is 17.9. The van der Waals surface area contributed by atoms with Gasteiger partial charge < -0.3 is 5.11 Å². The zero-order chi connectivity index (χ0) is 27.6. The Labute approximate surface area is 222 Å². The minimum Gasteiger partial charge on any atom is -0.390 e. The molecule has 4 aliphatic carbocycles. The molecule has 0 spiro atoms. The van der Waals surface area contributed by atoms with Crippen LogP contribution in [0.25, 0.3) is 0 Å². The summed E-state index contributed by atoms with van der Waals surface area (Å²) < 4.78 is 59.7. The lowest BCUT2D eigenvalue weighted by atomic mass is 9.45. The monoisotopic (exact) mass is 553 g/mol. The molecule has 0 saturated heterocycles. The number of rotatable bonds is 5. The van der Waals surface area contributed by atoms with Crippen molar-refractivity contribution in [3.8, 4) is 0 Å². The molecule has 206 valence electrons. The largest absolute Gasteiger partial charge is 0.390 e. The second-order valence-electron chi connectivity index (χ2n) is 11.6. The fourth-order valence-electron chi connectivity index (χ4n) is 8.11. The van der Waals surface area contributed by atoms with Gasteiger partial charge in [-0.05, 0) is 85.4 Å². The fraction of sp³-hybridized carbons (Fsp3) is 0.571. The number of aliphatic hydroxyl groups is 1. The number of nitrogens with zero attached hydrogens (tertiary/aromatic N) is 1. The first kappa shape index (κ1) is 27.4. The van der Waals surface area contributed by atoms with Crippen LogP contribution in [-0.4, -0.2) is 51.7 Å². The third-order valence-corrected chi connectivity index (χ3v) is 10.4. The maximum absolute atomic E-state index is 17.3. The van der Waals surface area contributed by atoms with E-state index in [-0.39, 0.29) is 37.1 Å². The minimum atomic E-state index is -2.30. The summed E-state index contributed by atoms with van der Waals surface area (Å²) >= 11 is 0.497. The van der Waals surface area contributed by atoms with Crippen LogP contribution in [0, 0.1) is 40.3 Å². The van der Waals surface area contributed by atoms with Crippen LogP contribution in [-0.2, 0) is 9.59 Å². The third-order valence-electron chi connectivity index (χ3n) is 9.78. The molecule has 38 heavy (non-hydrogen) atoms. The van der Waals surface area contributed by atoms with Gasteiger partial charge in [0.05, 0.1) is 11.8 Å². The molecule has 3 saturated carbocycles. The van der Waals surface area contributed by atoms with Gasteiger partial charge in [-0.2, -0.15) is 0 Å². The van der Waals surface area contributed by atoms with Crippen LogP contribution in [0.4, 0.5) is 23.2 Å². The molecule has 3 fully saturated rings. The van der Waals surface area contributed by atoms with Gasteiger partial charge in [0.15, 0.2) is 16.6 Å². The molecule has 0 heterocycles. The zero-order valence-electron chi connectivity index (χ0n) is 21.1. The molecule has 0 aromatic heterocycles. The van der Waals surface area contributed by atoms with Crippen molar-refractivity contribution in [1.82, 2.24) is 0 Å². The molecule has 5 rings (SSSR count). The Hall–Kier alpha value is -2.17. The lowest BCUT2D eigenvalue weighted by molar-refractivity contribution is -0.201. The topological polar surface area (TPSA) is 77.8 Å². The van der Waals surface area contributed by atoms with Gasteiger partial charge in [-0.1, -0.05) is 24.8 Å². The van der Waals surface area contributed by atoms with E-state index in [2.05, 4.69) is 0 Å². The summed E-state index contributed by atoms with van der Waals surface area (Å²) in [4.78, 5) is 25.3. The van der Waals surface area contributed by atoms with Crippen molar-refractivity contribution in [3.05, 3.63) is 53.9 Å². The molecule has 1 aromatic carbocycles. The highest BCUT2D eigenvalue weighted by Gasteiger charge is 2.73. The molecule has 0 unspecified atom stereocenters. The molecule has 2 N–H and O–H groups in total. The average molecular weight is 554 g/mol. The maximum Gasteiger partial charge on any atom is 0.195 e. The second kappa shape index (κ2) is 9.48. The predicted molar refractivity (Wildman–Crippen MR) is 135 cm³/mol. The number of hydroxylamine groups is 1.